The summed E-state index contributed by atoms with van der Waals surface area (Å²) in [7, 11) is 0. The molecule has 3 amide bonds. The van der Waals surface area contributed by atoms with Crippen LogP contribution < -0.4 is 16.0 Å². The maximum atomic E-state index is 13.0. The van der Waals surface area contributed by atoms with Crippen LogP contribution in [-0.4, -0.2) is 30.1 Å². The Balaban J connectivity index is 2.39. The fraction of sp³-hybridized carbons (Fsp3) is 0.364. The lowest BCUT2D eigenvalue weighted by atomic mass is 10.1. The van der Waals surface area contributed by atoms with E-state index in [9.17, 15) is 14.4 Å². The quantitative estimate of drug-likeness (QED) is 0.588. The molecule has 0 aliphatic rings. The van der Waals surface area contributed by atoms with Crippen molar-refractivity contribution in [1.82, 2.24) is 5.32 Å². The van der Waals surface area contributed by atoms with E-state index in [2.05, 4.69) is 16.0 Å². The minimum atomic E-state index is -0.746. The highest BCUT2D eigenvalue weighted by Crippen LogP contribution is 2.34. The van der Waals surface area contributed by atoms with Crippen LogP contribution in [0.2, 0.25) is 0 Å². The molecule has 9 heteroatoms. The van der Waals surface area contributed by atoms with Crippen LogP contribution in [-0.2, 0) is 4.74 Å². The van der Waals surface area contributed by atoms with Gasteiger partial charge in [-0.1, -0.05) is 17.7 Å². The van der Waals surface area contributed by atoms with Crippen molar-refractivity contribution in [3.8, 4) is 6.07 Å². The van der Waals surface area contributed by atoms with E-state index in [1.165, 1.54) is 0 Å². The summed E-state index contributed by atoms with van der Waals surface area (Å²) in [6.45, 7) is 10.4. The van der Waals surface area contributed by atoms with Crippen LogP contribution >= 0.6 is 11.3 Å². The third-order valence-corrected chi connectivity index (χ3v) is 5.36. The average molecular weight is 443 g/mol. The summed E-state index contributed by atoms with van der Waals surface area (Å²) in [4.78, 5) is 38.1. The number of nitrogens with one attached hydrogen (secondary N) is 3. The van der Waals surface area contributed by atoms with Crippen molar-refractivity contribution in [3.63, 3.8) is 0 Å². The maximum Gasteiger partial charge on any atom is 0.412 e. The first-order chi connectivity index (χ1) is 14.4. The number of rotatable bonds is 5. The second kappa shape index (κ2) is 9.62. The van der Waals surface area contributed by atoms with Gasteiger partial charge in [0, 0.05) is 5.69 Å². The van der Waals surface area contributed by atoms with E-state index in [1.807, 2.05) is 38.1 Å². The van der Waals surface area contributed by atoms with Gasteiger partial charge in [0.25, 0.3) is 11.8 Å². The molecule has 0 aliphatic carbocycles. The highest BCUT2D eigenvalue weighted by molar-refractivity contribution is 7.19. The lowest BCUT2D eigenvalue weighted by Crippen LogP contribution is -2.29. The van der Waals surface area contributed by atoms with E-state index in [0.717, 1.165) is 22.5 Å². The van der Waals surface area contributed by atoms with Crippen LogP contribution in [0.4, 0.5) is 15.5 Å². The number of nitriles is 1. The molecular weight excluding hydrogens is 416 g/mol. The van der Waals surface area contributed by atoms with Crippen molar-refractivity contribution in [1.29, 1.82) is 5.26 Å². The molecule has 31 heavy (non-hydrogen) atoms. The molecule has 1 heterocycles. The number of carbonyl (C=O) groups excluding carboxylic acids is 3. The second-order valence-electron chi connectivity index (χ2n) is 8.00. The molecule has 164 valence electrons. The van der Waals surface area contributed by atoms with Crippen molar-refractivity contribution in [2.24, 2.45) is 0 Å². The highest BCUT2D eigenvalue weighted by Gasteiger charge is 2.27. The number of nitrogens with zero attached hydrogens (tertiary/aromatic N) is 1. The Hall–Kier alpha value is -3.38. The fourth-order valence-electron chi connectivity index (χ4n) is 2.83. The van der Waals surface area contributed by atoms with E-state index < -0.39 is 23.5 Å². The smallest absolute Gasteiger partial charge is 0.412 e. The Morgan fingerprint density at radius 1 is 1.10 bits per heavy atom. The lowest BCUT2D eigenvalue weighted by molar-refractivity contribution is 0.0636. The minimum absolute atomic E-state index is 0.122. The van der Waals surface area contributed by atoms with Crippen LogP contribution in [0.3, 0.4) is 0 Å². The Morgan fingerprint density at radius 2 is 1.77 bits per heavy atom. The predicted molar refractivity (Wildman–Crippen MR) is 121 cm³/mol. The Kier molecular flexibility index (Phi) is 7.41. The van der Waals surface area contributed by atoms with E-state index in [-0.39, 0.29) is 22.0 Å². The van der Waals surface area contributed by atoms with Gasteiger partial charge in [0.1, 0.15) is 17.1 Å². The van der Waals surface area contributed by atoms with Crippen molar-refractivity contribution in [3.05, 3.63) is 45.3 Å². The van der Waals surface area contributed by atoms with Gasteiger partial charge in [0.05, 0.1) is 16.5 Å². The topological polar surface area (TPSA) is 120 Å². The number of amides is 3. The van der Waals surface area contributed by atoms with E-state index >= 15 is 0 Å². The first-order valence-electron chi connectivity index (χ1n) is 9.60. The van der Waals surface area contributed by atoms with Crippen molar-refractivity contribution < 1.29 is 19.1 Å². The molecule has 2 aromatic rings. The number of ether oxygens (including phenoxy) is 1. The molecule has 0 atom stereocenters. The van der Waals surface area contributed by atoms with Gasteiger partial charge in [-0.25, -0.2) is 4.79 Å². The van der Waals surface area contributed by atoms with Gasteiger partial charge in [-0.05, 0) is 58.7 Å². The molecule has 3 N–H and O–H groups in total. The third-order valence-electron chi connectivity index (χ3n) is 4.15. The Labute approximate surface area is 185 Å². The molecule has 1 aromatic carbocycles. The predicted octanol–water partition coefficient (Wildman–Crippen LogP) is 4.53. The molecule has 1 aromatic heterocycles. The maximum absolute atomic E-state index is 13.0. The highest BCUT2D eigenvalue weighted by atomic mass is 32.1. The van der Waals surface area contributed by atoms with Gasteiger partial charge in [-0.2, -0.15) is 5.26 Å². The number of aryl methyl sites for hydroxylation is 2. The van der Waals surface area contributed by atoms with Gasteiger partial charge < -0.3 is 15.4 Å². The molecule has 0 saturated carbocycles. The monoisotopic (exact) mass is 442 g/mol. The SMILES string of the molecule is Cc1ccc(NC(=O)c2sc(NC(=O)OC(C)(C)C)c(C(=O)NCC#N)c2C)c(C)c1. The van der Waals surface area contributed by atoms with Gasteiger partial charge in [-0.3, -0.25) is 14.9 Å². The summed E-state index contributed by atoms with van der Waals surface area (Å²) in [5.41, 5.74) is 2.42. The van der Waals surface area contributed by atoms with Crippen LogP contribution in [0.5, 0.6) is 0 Å². The molecule has 0 spiro atoms. The zero-order valence-electron chi connectivity index (χ0n) is 18.4. The van der Waals surface area contributed by atoms with Crippen LogP contribution in [0.15, 0.2) is 18.2 Å². The summed E-state index contributed by atoms with van der Waals surface area (Å²) in [6.07, 6.45) is -0.746. The minimum Gasteiger partial charge on any atom is -0.444 e. The van der Waals surface area contributed by atoms with Gasteiger partial charge in [0.15, 0.2) is 0 Å². The van der Waals surface area contributed by atoms with E-state index in [1.54, 1.807) is 27.7 Å². The normalized spacial score (nSPS) is 10.7. The number of hydrogen-bond acceptors (Lipinski definition) is 6. The van der Waals surface area contributed by atoms with Crippen LogP contribution in [0, 0.1) is 32.1 Å². The van der Waals surface area contributed by atoms with Gasteiger partial charge in [-0.15, -0.1) is 11.3 Å². The number of thiophene rings is 1. The largest absolute Gasteiger partial charge is 0.444 e. The third kappa shape index (κ3) is 6.30. The molecule has 0 unspecified atom stereocenters. The standard InChI is InChI=1S/C22H26N4O4S/c1-12-7-8-15(13(2)11-12)25-19(28)17-14(3)16(18(27)24-10-9-23)20(31-17)26-21(29)30-22(4,5)6/h7-8,11H,10H2,1-6H3,(H,24,27)(H,25,28)(H,26,29). The Morgan fingerprint density at radius 3 is 2.35 bits per heavy atom. The number of benzene rings is 1. The number of hydrogen-bond donors (Lipinski definition) is 3. The molecule has 0 radical (unpaired) electrons. The van der Waals surface area contributed by atoms with Crippen LogP contribution in [0.25, 0.3) is 0 Å². The lowest BCUT2D eigenvalue weighted by Gasteiger charge is -2.19. The zero-order chi connectivity index (χ0) is 23.3. The number of carbonyl (C=O) groups is 3. The molecule has 8 nitrogen and oxygen atoms in total. The summed E-state index contributed by atoms with van der Waals surface area (Å²) >= 11 is 0.971. The first-order valence-corrected chi connectivity index (χ1v) is 10.4. The molecule has 0 aliphatic heterocycles. The summed E-state index contributed by atoms with van der Waals surface area (Å²) in [5, 5.41) is 16.8. The first kappa shape index (κ1) is 23.9. The molecule has 2 rings (SSSR count). The van der Waals surface area contributed by atoms with Gasteiger partial charge >= 0.3 is 6.09 Å². The number of anilines is 2. The van der Waals surface area contributed by atoms with Crippen molar-refractivity contribution in [2.45, 2.75) is 47.1 Å². The fourth-order valence-corrected chi connectivity index (χ4v) is 3.91. The van der Waals surface area contributed by atoms with Gasteiger partial charge in [0.2, 0.25) is 0 Å². The van der Waals surface area contributed by atoms with Crippen molar-refractivity contribution >= 4 is 39.9 Å². The van der Waals surface area contributed by atoms with E-state index in [4.69, 9.17) is 10.00 Å². The molecule has 0 bridgehead atoms. The average Bonchev–Trinajstić information content (AvgIpc) is 2.96. The summed E-state index contributed by atoms with van der Waals surface area (Å²) < 4.78 is 5.26. The second-order valence-corrected chi connectivity index (χ2v) is 9.02. The van der Waals surface area contributed by atoms with Crippen molar-refractivity contribution in [2.75, 3.05) is 17.2 Å². The molecule has 0 fully saturated rings. The molecular formula is C22H26N4O4S. The van der Waals surface area contributed by atoms with Crippen LogP contribution in [0.1, 0.15) is 57.5 Å². The Bertz CT molecular complexity index is 1060. The summed E-state index contributed by atoms with van der Waals surface area (Å²) in [6, 6.07) is 7.48. The molecule has 0 saturated heterocycles. The van der Waals surface area contributed by atoms with E-state index in [0.29, 0.717) is 11.3 Å². The summed E-state index contributed by atoms with van der Waals surface area (Å²) in [5.74, 6) is -0.965. The zero-order valence-corrected chi connectivity index (χ0v) is 19.2.